The smallest absolute Gasteiger partial charge is 0.261 e. The minimum atomic E-state index is -3.67. The van der Waals surface area contributed by atoms with Crippen molar-refractivity contribution >= 4 is 31.9 Å². The van der Waals surface area contributed by atoms with E-state index in [4.69, 9.17) is 9.29 Å². The molecule has 5 rings (SSSR count). The maximum Gasteiger partial charge on any atom is 0.261 e. The van der Waals surface area contributed by atoms with Gasteiger partial charge >= 0.3 is 0 Å². The Morgan fingerprint density at radius 2 is 1.89 bits per heavy atom. The molecule has 0 aliphatic carbocycles. The van der Waals surface area contributed by atoms with Crippen LogP contribution in [0.4, 0.5) is 0 Å². The second kappa shape index (κ2) is 12.0. The zero-order valence-corrected chi connectivity index (χ0v) is 21.9. The summed E-state index contributed by atoms with van der Waals surface area (Å²) in [7, 11) is -2.01. The van der Waals surface area contributed by atoms with Crippen LogP contribution < -0.4 is 10.1 Å². The number of para-hydroxylation sites is 1. The lowest BCUT2D eigenvalue weighted by Gasteiger charge is -2.33. The number of aromatic nitrogens is 2. The number of benzene rings is 2. The summed E-state index contributed by atoms with van der Waals surface area (Å²) < 4.78 is 31.2. The van der Waals surface area contributed by atoms with E-state index in [1.807, 2.05) is 24.3 Å². The highest BCUT2D eigenvalue weighted by Crippen LogP contribution is 2.28. The van der Waals surface area contributed by atoms with Gasteiger partial charge in [0.1, 0.15) is 5.75 Å². The molecule has 9 nitrogen and oxygen atoms in total. The minimum absolute atomic E-state index is 0.501. The third-order valence-electron chi connectivity index (χ3n) is 6.53. The van der Waals surface area contributed by atoms with Gasteiger partial charge in [0, 0.05) is 41.9 Å². The molecule has 0 amide bonds. The Morgan fingerprint density at radius 3 is 2.59 bits per heavy atom. The molecule has 0 saturated carbocycles. The Kier molecular flexibility index (Phi) is 8.78. The number of ether oxygens (including phenoxy) is 1. The van der Waals surface area contributed by atoms with Gasteiger partial charge < -0.3 is 25.0 Å². The number of aromatic amines is 1. The van der Waals surface area contributed by atoms with E-state index >= 15 is 0 Å². The highest BCUT2D eigenvalue weighted by Gasteiger charge is 2.22. The lowest BCUT2D eigenvalue weighted by molar-refractivity contribution is 0.0948. The van der Waals surface area contributed by atoms with Crippen molar-refractivity contribution in [3.8, 4) is 5.75 Å². The Morgan fingerprint density at radius 1 is 1.16 bits per heavy atom. The van der Waals surface area contributed by atoms with E-state index in [2.05, 4.69) is 50.5 Å². The average molecular weight is 527 g/mol. The van der Waals surface area contributed by atoms with Crippen LogP contribution in [0.2, 0.25) is 0 Å². The monoisotopic (exact) mass is 526 g/mol. The number of fused-ring (bicyclic) bond motifs is 2. The van der Waals surface area contributed by atoms with Crippen molar-refractivity contribution in [1.29, 1.82) is 0 Å². The van der Waals surface area contributed by atoms with Gasteiger partial charge in [0.25, 0.3) is 10.1 Å². The summed E-state index contributed by atoms with van der Waals surface area (Å²) >= 11 is 0. The number of rotatable bonds is 7. The van der Waals surface area contributed by atoms with Crippen molar-refractivity contribution in [3.63, 3.8) is 0 Å². The molecule has 3 heterocycles. The van der Waals surface area contributed by atoms with E-state index in [1.165, 1.54) is 16.6 Å². The Bertz CT molecular complexity index is 1390. The van der Waals surface area contributed by atoms with Crippen LogP contribution in [0, 0.1) is 0 Å². The van der Waals surface area contributed by atoms with Crippen molar-refractivity contribution in [2.75, 3.05) is 33.0 Å². The first-order chi connectivity index (χ1) is 17.7. The number of methoxy groups -OCH3 is 1. The predicted octanol–water partition coefficient (Wildman–Crippen LogP) is 3.52. The average Bonchev–Trinajstić information content (AvgIpc) is 3.29. The quantitative estimate of drug-likeness (QED) is 0.269. The normalized spacial score (nSPS) is 15.9. The van der Waals surface area contributed by atoms with Crippen LogP contribution in [0.5, 0.6) is 5.75 Å². The van der Waals surface area contributed by atoms with Crippen LogP contribution in [0.1, 0.15) is 30.2 Å². The highest BCUT2D eigenvalue weighted by molar-refractivity contribution is 7.85. The molecule has 4 N–H and O–H groups in total. The molecule has 1 aliphatic heterocycles. The molecule has 0 spiro atoms. The van der Waals surface area contributed by atoms with Crippen LogP contribution >= 0.6 is 0 Å². The molecule has 0 bridgehead atoms. The molecule has 37 heavy (non-hydrogen) atoms. The summed E-state index contributed by atoms with van der Waals surface area (Å²) in [5.74, 6) is 0.779. The number of aliphatic hydroxyl groups excluding tert-OH is 1. The van der Waals surface area contributed by atoms with Gasteiger partial charge in [-0.3, -0.25) is 9.54 Å². The molecule has 1 atom stereocenters. The number of nitrogens with one attached hydrogen (secondary N) is 2. The third kappa shape index (κ3) is 7.73. The summed E-state index contributed by atoms with van der Waals surface area (Å²) in [5.41, 5.74) is 4.20. The van der Waals surface area contributed by atoms with E-state index in [0.717, 1.165) is 54.7 Å². The van der Waals surface area contributed by atoms with E-state index in [0.29, 0.717) is 18.8 Å². The van der Waals surface area contributed by atoms with Crippen LogP contribution in [0.3, 0.4) is 0 Å². The van der Waals surface area contributed by atoms with Gasteiger partial charge in [0.15, 0.2) is 0 Å². The molecule has 2 aromatic carbocycles. The molecule has 2 aromatic heterocycles. The maximum absolute atomic E-state index is 11.0. The van der Waals surface area contributed by atoms with Crippen LogP contribution in [-0.4, -0.2) is 72.0 Å². The van der Waals surface area contributed by atoms with E-state index in [9.17, 15) is 13.5 Å². The lowest BCUT2D eigenvalue weighted by atomic mass is 10.0. The summed E-state index contributed by atoms with van der Waals surface area (Å²) in [6, 6.07) is 18.8. The predicted molar refractivity (Wildman–Crippen MR) is 145 cm³/mol. The zero-order valence-electron chi connectivity index (χ0n) is 21.1. The van der Waals surface area contributed by atoms with Gasteiger partial charge in [0.2, 0.25) is 0 Å². The van der Waals surface area contributed by atoms with Gasteiger partial charge in [-0.1, -0.05) is 18.2 Å². The van der Waals surface area contributed by atoms with E-state index in [1.54, 1.807) is 13.3 Å². The Balaban J connectivity index is 0.000000586. The first kappa shape index (κ1) is 27.0. The fourth-order valence-electron chi connectivity index (χ4n) is 4.71. The fraction of sp³-hybridized carbons (Fsp3) is 0.370. The number of aliphatic hydroxyl groups is 1. The van der Waals surface area contributed by atoms with Gasteiger partial charge in [-0.05, 0) is 73.3 Å². The van der Waals surface area contributed by atoms with Crippen LogP contribution in [-0.2, 0) is 16.7 Å². The number of hydrogen-bond donors (Lipinski definition) is 4. The molecule has 0 unspecified atom stereocenters. The molecular weight excluding hydrogens is 492 g/mol. The van der Waals surface area contributed by atoms with Gasteiger partial charge in [0.05, 0.1) is 25.0 Å². The topological polar surface area (TPSA) is 128 Å². The van der Waals surface area contributed by atoms with Gasteiger partial charge in [-0.2, -0.15) is 8.42 Å². The summed E-state index contributed by atoms with van der Waals surface area (Å²) in [5, 5.41) is 16.9. The van der Waals surface area contributed by atoms with Crippen molar-refractivity contribution in [2.24, 2.45) is 0 Å². The Labute approximate surface area is 217 Å². The molecule has 10 heteroatoms. The minimum Gasteiger partial charge on any atom is -0.497 e. The van der Waals surface area contributed by atoms with Gasteiger partial charge in [-0.15, -0.1) is 0 Å². The van der Waals surface area contributed by atoms with E-state index in [-0.39, 0.29) is 0 Å². The molecule has 198 valence electrons. The molecule has 0 radical (unpaired) electrons. The van der Waals surface area contributed by atoms with Crippen molar-refractivity contribution in [1.82, 2.24) is 20.2 Å². The maximum atomic E-state index is 11.0. The van der Waals surface area contributed by atoms with Crippen molar-refractivity contribution in [3.05, 3.63) is 72.1 Å². The number of piperidine rings is 1. The number of H-pyrrole nitrogens is 1. The zero-order chi connectivity index (χ0) is 26.4. The van der Waals surface area contributed by atoms with E-state index < -0.39 is 16.2 Å². The largest absolute Gasteiger partial charge is 0.497 e. The Hall–Kier alpha value is -3.02. The first-order valence-electron chi connectivity index (χ1n) is 12.2. The SMILES string of the molecule is COc1ccc2nccc([C@@H](O)CN3CCC(NCc4cc5ccccc5[nH]4)CC3)c2c1.CS(=O)(=O)O. The summed E-state index contributed by atoms with van der Waals surface area (Å²) in [6.45, 7) is 3.44. The lowest BCUT2D eigenvalue weighted by Crippen LogP contribution is -2.43. The second-order valence-corrected chi connectivity index (χ2v) is 10.8. The number of pyridine rings is 1. The van der Waals surface area contributed by atoms with Gasteiger partial charge in [-0.25, -0.2) is 0 Å². The molecule has 1 saturated heterocycles. The number of β-amino-alcohol motifs (C(OH)–C–C–N with tert-alkyl or cyclic N) is 1. The van der Waals surface area contributed by atoms with Crippen molar-refractivity contribution < 1.29 is 22.8 Å². The molecule has 1 aliphatic rings. The molecular formula is C27H34N4O5S. The summed E-state index contributed by atoms with van der Waals surface area (Å²) in [6.07, 6.45) is 4.10. The number of nitrogens with zero attached hydrogens (tertiary/aromatic N) is 2. The first-order valence-corrected chi connectivity index (χ1v) is 14.1. The van der Waals surface area contributed by atoms with Crippen molar-refractivity contribution in [2.45, 2.75) is 31.5 Å². The second-order valence-electron chi connectivity index (χ2n) is 9.37. The molecule has 4 aromatic rings. The summed E-state index contributed by atoms with van der Waals surface area (Å²) in [4.78, 5) is 10.3. The number of hydrogen-bond acceptors (Lipinski definition) is 7. The number of likely N-dealkylation sites (tertiary alicyclic amines) is 1. The standard InChI is InChI=1S/C26H30N4O2.CH4O3S/c1-32-21-6-7-25-23(15-21)22(8-11-27-25)26(31)17-30-12-9-19(10-13-30)28-16-20-14-18-4-2-3-5-24(18)29-20;1-5(2,3)4/h2-8,11,14-15,19,26,28-29,31H,9-10,12-13,16-17H2,1H3;1H3,(H,2,3,4)/t26-;/m0./s1. The molecule has 1 fully saturated rings. The fourth-order valence-corrected chi connectivity index (χ4v) is 4.71. The third-order valence-corrected chi connectivity index (χ3v) is 6.53. The van der Waals surface area contributed by atoms with Crippen LogP contribution in [0.15, 0.2) is 60.8 Å². The van der Waals surface area contributed by atoms with Crippen LogP contribution in [0.25, 0.3) is 21.8 Å². The highest BCUT2D eigenvalue weighted by atomic mass is 32.2.